The van der Waals surface area contributed by atoms with Crippen molar-refractivity contribution in [3.05, 3.63) is 11.6 Å². The van der Waals surface area contributed by atoms with Crippen molar-refractivity contribution in [1.29, 1.82) is 0 Å². The van der Waals surface area contributed by atoms with Crippen molar-refractivity contribution in [2.75, 3.05) is 0 Å². The van der Waals surface area contributed by atoms with E-state index in [0.29, 0.717) is 6.08 Å². The van der Waals surface area contributed by atoms with Crippen LogP contribution in [-0.4, -0.2) is 28.4 Å². The fraction of sp³-hybridized carbons (Fsp3) is 0. The van der Waals surface area contributed by atoms with Gasteiger partial charge in [-0.25, -0.2) is 9.59 Å². The highest BCUT2D eigenvalue weighted by atomic mass is 16.4. The molecule has 0 aliphatic heterocycles. The Balaban J connectivity index is 4.49. The maximum atomic E-state index is 9.90. The number of carboxylic acid groups (broad SMARTS) is 2. The van der Waals surface area contributed by atoms with Crippen LogP contribution in [-0.2, 0) is 14.4 Å². The number of aldehydes is 1. The third-order valence-corrected chi connectivity index (χ3v) is 0.653. The molecule has 54 valence electrons. The summed E-state index contributed by atoms with van der Waals surface area (Å²) in [6.07, 6.45) is 0.297. The summed E-state index contributed by atoms with van der Waals surface area (Å²) in [6.45, 7) is 0. The quantitative estimate of drug-likeness (QED) is 0.236. The molecule has 0 aromatic heterocycles. The lowest BCUT2D eigenvalue weighted by Gasteiger charge is -1.85. The van der Waals surface area contributed by atoms with Crippen LogP contribution in [0.15, 0.2) is 11.6 Å². The molecule has 0 amide bonds. The summed E-state index contributed by atoms with van der Waals surface area (Å²) in [7, 11) is 0. The number of carbonyl (C=O) groups is 3. The van der Waals surface area contributed by atoms with Gasteiger partial charge in [-0.3, -0.25) is 4.79 Å². The van der Waals surface area contributed by atoms with E-state index in [0.717, 1.165) is 0 Å². The first kappa shape index (κ1) is 8.35. The third-order valence-electron chi connectivity index (χ3n) is 0.653. The molecule has 0 aromatic rings. The van der Waals surface area contributed by atoms with Gasteiger partial charge < -0.3 is 10.2 Å². The maximum Gasteiger partial charge on any atom is 0.339 e. The second kappa shape index (κ2) is 3.39. The average Bonchev–Trinajstić information content (AvgIpc) is 1.81. The number of hydrogen-bond donors (Lipinski definition) is 2. The lowest BCUT2D eigenvalue weighted by Crippen LogP contribution is -2.04. The molecular weight excluding hydrogens is 140 g/mol. The van der Waals surface area contributed by atoms with Gasteiger partial charge in [0.15, 0.2) is 6.29 Å². The van der Waals surface area contributed by atoms with E-state index < -0.39 is 17.5 Å². The molecule has 0 aromatic carbocycles. The van der Waals surface area contributed by atoms with Crippen LogP contribution in [0.3, 0.4) is 0 Å². The lowest BCUT2D eigenvalue weighted by atomic mass is 10.3. The first-order chi connectivity index (χ1) is 4.57. The zero-order valence-electron chi connectivity index (χ0n) is 4.77. The van der Waals surface area contributed by atoms with Gasteiger partial charge in [-0.2, -0.15) is 0 Å². The molecule has 0 unspecified atom stereocenters. The molecular formula is C5H4O5. The van der Waals surface area contributed by atoms with Crippen molar-refractivity contribution in [1.82, 2.24) is 0 Å². The van der Waals surface area contributed by atoms with Crippen molar-refractivity contribution in [3.8, 4) is 0 Å². The monoisotopic (exact) mass is 144 g/mol. The second-order valence-corrected chi connectivity index (χ2v) is 1.36. The Morgan fingerprint density at radius 1 is 1.20 bits per heavy atom. The number of carbonyl (C=O) groups excluding carboxylic acids is 1. The fourth-order valence-electron chi connectivity index (χ4n) is 0.279. The summed E-state index contributed by atoms with van der Waals surface area (Å²) in [5.41, 5.74) is -0.771. The highest BCUT2D eigenvalue weighted by Gasteiger charge is 2.06. The molecule has 0 heterocycles. The molecule has 0 spiro atoms. The van der Waals surface area contributed by atoms with E-state index >= 15 is 0 Å². The molecule has 10 heavy (non-hydrogen) atoms. The van der Waals surface area contributed by atoms with Gasteiger partial charge in [-0.15, -0.1) is 0 Å². The second-order valence-electron chi connectivity index (χ2n) is 1.36. The Hall–Kier alpha value is -1.65. The zero-order chi connectivity index (χ0) is 8.15. The summed E-state index contributed by atoms with van der Waals surface area (Å²) < 4.78 is 0. The van der Waals surface area contributed by atoms with Crippen LogP contribution in [0.1, 0.15) is 0 Å². The van der Waals surface area contributed by atoms with Gasteiger partial charge in [-0.05, 0) is 0 Å². The van der Waals surface area contributed by atoms with E-state index in [9.17, 15) is 14.4 Å². The average molecular weight is 144 g/mol. The van der Waals surface area contributed by atoms with Gasteiger partial charge in [0.05, 0.1) is 0 Å². The van der Waals surface area contributed by atoms with Gasteiger partial charge >= 0.3 is 11.9 Å². The van der Waals surface area contributed by atoms with E-state index in [2.05, 4.69) is 0 Å². The predicted molar refractivity (Wildman–Crippen MR) is 29.4 cm³/mol. The Bertz CT molecular complexity index is 202. The fourth-order valence-corrected chi connectivity index (χ4v) is 0.279. The van der Waals surface area contributed by atoms with Crippen molar-refractivity contribution in [2.45, 2.75) is 0 Å². The zero-order valence-corrected chi connectivity index (χ0v) is 4.77. The summed E-state index contributed by atoms with van der Waals surface area (Å²) in [4.78, 5) is 29.4. The summed E-state index contributed by atoms with van der Waals surface area (Å²) in [5.74, 6) is -3.00. The van der Waals surface area contributed by atoms with Crippen LogP contribution in [0, 0.1) is 0 Å². The molecule has 0 saturated heterocycles. The van der Waals surface area contributed by atoms with Gasteiger partial charge in [0.2, 0.25) is 0 Å². The largest absolute Gasteiger partial charge is 0.478 e. The first-order valence-corrected chi connectivity index (χ1v) is 2.21. The van der Waals surface area contributed by atoms with Crippen LogP contribution in [0.25, 0.3) is 0 Å². The van der Waals surface area contributed by atoms with Crippen LogP contribution in [0.5, 0.6) is 0 Å². The lowest BCUT2D eigenvalue weighted by molar-refractivity contribution is -0.135. The number of aliphatic carboxylic acids is 2. The number of hydrogen-bond acceptors (Lipinski definition) is 3. The van der Waals surface area contributed by atoms with Gasteiger partial charge in [0.1, 0.15) is 5.57 Å². The smallest absolute Gasteiger partial charge is 0.339 e. The van der Waals surface area contributed by atoms with E-state index in [-0.39, 0.29) is 6.29 Å². The van der Waals surface area contributed by atoms with E-state index in [1.807, 2.05) is 0 Å². The summed E-state index contributed by atoms with van der Waals surface area (Å²) in [6, 6.07) is 0. The van der Waals surface area contributed by atoms with Crippen LogP contribution in [0.4, 0.5) is 0 Å². The summed E-state index contributed by atoms with van der Waals surface area (Å²) in [5, 5.41) is 16.0. The van der Waals surface area contributed by atoms with E-state index in [1.165, 1.54) is 0 Å². The Labute approximate surface area is 55.6 Å². The highest BCUT2D eigenvalue weighted by Crippen LogP contribution is 1.87. The molecule has 5 heteroatoms. The standard InChI is InChI=1S/C5H4O5/c6-2-3(5(9)10)1-4(7)8/h1-2H,(H,7,8)(H,9,10)/b3-1+. The first-order valence-electron chi connectivity index (χ1n) is 2.21. The molecule has 0 rings (SSSR count). The highest BCUT2D eigenvalue weighted by molar-refractivity contribution is 6.10. The van der Waals surface area contributed by atoms with E-state index in [1.54, 1.807) is 0 Å². The topological polar surface area (TPSA) is 91.7 Å². The van der Waals surface area contributed by atoms with Crippen molar-refractivity contribution in [3.63, 3.8) is 0 Å². The Morgan fingerprint density at radius 3 is 1.80 bits per heavy atom. The van der Waals surface area contributed by atoms with Crippen LogP contribution < -0.4 is 0 Å². The van der Waals surface area contributed by atoms with Crippen molar-refractivity contribution >= 4 is 18.2 Å². The molecule has 0 radical (unpaired) electrons. The Kier molecular flexibility index (Phi) is 2.83. The minimum Gasteiger partial charge on any atom is -0.478 e. The minimum atomic E-state index is -1.54. The van der Waals surface area contributed by atoms with Gasteiger partial charge in [0, 0.05) is 6.08 Å². The number of carboxylic acids is 2. The van der Waals surface area contributed by atoms with Crippen molar-refractivity contribution in [2.24, 2.45) is 0 Å². The van der Waals surface area contributed by atoms with Crippen LogP contribution >= 0.6 is 0 Å². The maximum absolute atomic E-state index is 9.90. The molecule has 0 bridgehead atoms. The summed E-state index contributed by atoms with van der Waals surface area (Å²) >= 11 is 0. The van der Waals surface area contributed by atoms with Crippen molar-refractivity contribution < 1.29 is 24.6 Å². The molecule has 0 aliphatic carbocycles. The SMILES string of the molecule is O=C/C(=C\C(=O)O)C(=O)O. The van der Waals surface area contributed by atoms with E-state index in [4.69, 9.17) is 10.2 Å². The molecule has 0 saturated carbocycles. The third kappa shape index (κ3) is 2.61. The Morgan fingerprint density at radius 2 is 1.70 bits per heavy atom. The molecule has 2 N–H and O–H groups in total. The normalized spacial score (nSPS) is 10.6. The molecule has 0 aliphatic rings. The van der Waals surface area contributed by atoms with Gasteiger partial charge in [0.25, 0.3) is 0 Å². The van der Waals surface area contributed by atoms with Gasteiger partial charge in [-0.1, -0.05) is 0 Å². The molecule has 0 atom stereocenters. The molecule has 0 fully saturated rings. The number of rotatable bonds is 3. The minimum absolute atomic E-state index is 0.0313. The molecule has 5 nitrogen and oxygen atoms in total. The predicted octanol–water partition coefficient (Wildman–Crippen LogP) is -0.719. The van der Waals surface area contributed by atoms with Crippen LogP contribution in [0.2, 0.25) is 0 Å².